The van der Waals surface area contributed by atoms with Crippen molar-refractivity contribution in [2.45, 2.75) is 30.6 Å². The van der Waals surface area contributed by atoms with Crippen LogP contribution in [-0.2, 0) is 4.79 Å². The molecule has 2 aromatic rings. The molecular weight excluding hydrogens is 425 g/mol. The fraction of sp³-hybridized carbons (Fsp3) is 0.263. The number of amides is 1. The maximum Gasteiger partial charge on any atom is 0.404 e. The predicted octanol–water partition coefficient (Wildman–Crippen LogP) is 4.13. The number of nitro groups is 1. The Morgan fingerprint density at radius 2 is 1.93 bits per heavy atom. The van der Waals surface area contributed by atoms with E-state index in [-0.39, 0.29) is 17.0 Å². The zero-order valence-corrected chi connectivity index (χ0v) is 15.9. The molecule has 1 heterocycles. The molecule has 3 unspecified atom stereocenters. The molecule has 3 rings (SSSR count). The van der Waals surface area contributed by atoms with Crippen LogP contribution in [0, 0.1) is 21.4 Å². The molecule has 0 aromatic heterocycles. The first-order chi connectivity index (χ1) is 14.1. The van der Waals surface area contributed by atoms with E-state index in [0.717, 1.165) is 12.1 Å². The normalized spacial score (nSPS) is 21.1. The summed E-state index contributed by atoms with van der Waals surface area (Å²) in [6.07, 6.45) is -4.83. The molecule has 2 aromatic carbocycles. The zero-order valence-electron chi connectivity index (χ0n) is 15.1. The third kappa shape index (κ3) is 4.53. The van der Waals surface area contributed by atoms with Crippen molar-refractivity contribution in [3.63, 3.8) is 0 Å². The Kier molecular flexibility index (Phi) is 5.96. The summed E-state index contributed by atoms with van der Waals surface area (Å²) in [6.45, 7) is 0. The Morgan fingerprint density at radius 1 is 1.27 bits per heavy atom. The number of alkyl halides is 3. The van der Waals surface area contributed by atoms with Crippen molar-refractivity contribution in [3.8, 4) is 6.07 Å². The molecule has 30 heavy (non-hydrogen) atoms. The summed E-state index contributed by atoms with van der Waals surface area (Å²) < 4.78 is 40.8. The van der Waals surface area contributed by atoms with Gasteiger partial charge in [-0.2, -0.15) is 18.4 Å². The van der Waals surface area contributed by atoms with Gasteiger partial charge in [0.1, 0.15) is 11.1 Å². The van der Waals surface area contributed by atoms with Crippen molar-refractivity contribution in [3.05, 3.63) is 68.7 Å². The number of nitrogens with one attached hydrogen (secondary N) is 2. The van der Waals surface area contributed by atoms with E-state index in [1.54, 1.807) is 0 Å². The second-order valence-corrected chi connectivity index (χ2v) is 7.13. The molecule has 0 radical (unpaired) electrons. The fourth-order valence-corrected chi connectivity index (χ4v) is 3.64. The van der Waals surface area contributed by atoms with E-state index < -0.39 is 40.7 Å². The van der Waals surface area contributed by atoms with Crippen molar-refractivity contribution in [2.75, 3.05) is 5.32 Å². The maximum atomic E-state index is 13.6. The Labute approximate surface area is 173 Å². The van der Waals surface area contributed by atoms with Gasteiger partial charge in [-0.3, -0.25) is 20.2 Å². The highest BCUT2D eigenvalue weighted by Gasteiger charge is 2.52. The maximum absolute atomic E-state index is 13.6. The molecule has 7 nitrogen and oxygen atoms in total. The van der Waals surface area contributed by atoms with Crippen molar-refractivity contribution in [1.82, 2.24) is 5.32 Å². The minimum atomic E-state index is -4.65. The molecule has 3 atom stereocenters. The number of halogens is 4. The summed E-state index contributed by atoms with van der Waals surface area (Å²) in [5.74, 6) is -1.82. The molecule has 11 heteroatoms. The van der Waals surface area contributed by atoms with Gasteiger partial charge in [0, 0.05) is 17.7 Å². The van der Waals surface area contributed by atoms with Gasteiger partial charge in [-0.25, -0.2) is 0 Å². The number of hydrogen-bond acceptors (Lipinski definition) is 5. The average molecular weight is 439 g/mol. The Bertz CT molecular complexity index is 1020. The second-order valence-electron chi connectivity index (χ2n) is 6.73. The van der Waals surface area contributed by atoms with Crippen LogP contribution in [0.4, 0.5) is 24.5 Å². The number of hydrogen-bond donors (Lipinski definition) is 2. The first-order valence-corrected chi connectivity index (χ1v) is 9.05. The lowest BCUT2D eigenvalue weighted by atomic mass is 9.90. The minimum Gasteiger partial charge on any atom is -0.325 e. The van der Waals surface area contributed by atoms with Gasteiger partial charge >= 0.3 is 6.18 Å². The first kappa shape index (κ1) is 21.5. The Hall–Kier alpha value is -3.16. The number of anilines is 1. The second kappa shape index (κ2) is 8.30. The standard InChI is InChI=1S/C19H14ClF3N4O3/c20-14-7-11(3-6-16(14)27(29)30)13-8-15(26-17(13)19(21,22)23)18(28)25-12-4-1-10(9-24)2-5-12/h1-7,13,15,17,26H,8H2,(H,25,28). The van der Waals surface area contributed by atoms with Crippen LogP contribution < -0.4 is 10.6 Å². The average Bonchev–Trinajstić information content (AvgIpc) is 3.14. The van der Waals surface area contributed by atoms with Crippen molar-refractivity contribution >= 4 is 28.9 Å². The van der Waals surface area contributed by atoms with Crippen molar-refractivity contribution in [2.24, 2.45) is 0 Å². The van der Waals surface area contributed by atoms with Gasteiger partial charge in [0.25, 0.3) is 5.69 Å². The Balaban J connectivity index is 1.82. The SMILES string of the molecule is N#Cc1ccc(NC(=O)C2CC(c3ccc([N+](=O)[O-])c(Cl)c3)C(C(F)(F)F)N2)cc1. The molecule has 0 saturated carbocycles. The van der Waals surface area contributed by atoms with E-state index in [2.05, 4.69) is 10.6 Å². The quantitative estimate of drug-likeness (QED) is 0.551. The topological polar surface area (TPSA) is 108 Å². The molecule has 0 spiro atoms. The summed E-state index contributed by atoms with van der Waals surface area (Å²) in [5.41, 5.74) is 0.449. The van der Waals surface area contributed by atoms with Crippen molar-refractivity contribution < 1.29 is 22.9 Å². The van der Waals surface area contributed by atoms with Gasteiger partial charge in [-0.05, 0) is 42.3 Å². The third-order valence-corrected chi connectivity index (χ3v) is 5.12. The molecule has 1 amide bonds. The van der Waals surface area contributed by atoms with Gasteiger partial charge in [0.15, 0.2) is 0 Å². The minimum absolute atomic E-state index is 0.147. The van der Waals surface area contributed by atoms with Crippen LogP contribution >= 0.6 is 11.6 Å². The molecule has 156 valence electrons. The summed E-state index contributed by atoms with van der Waals surface area (Å²) in [4.78, 5) is 22.7. The van der Waals surface area contributed by atoms with Crippen LogP contribution in [0.2, 0.25) is 5.02 Å². The summed E-state index contributed by atoms with van der Waals surface area (Å²) in [7, 11) is 0. The number of benzene rings is 2. The summed E-state index contributed by atoms with van der Waals surface area (Å²) in [6, 6.07) is 8.04. The van der Waals surface area contributed by atoms with Crippen LogP contribution in [0.5, 0.6) is 0 Å². The van der Waals surface area contributed by atoms with E-state index >= 15 is 0 Å². The number of carbonyl (C=O) groups is 1. The van der Waals surface area contributed by atoms with Crippen LogP contribution in [-0.4, -0.2) is 29.1 Å². The van der Waals surface area contributed by atoms with Crippen LogP contribution in [0.15, 0.2) is 42.5 Å². The predicted molar refractivity (Wildman–Crippen MR) is 102 cm³/mol. The van der Waals surface area contributed by atoms with E-state index in [4.69, 9.17) is 16.9 Å². The van der Waals surface area contributed by atoms with E-state index in [1.165, 1.54) is 30.3 Å². The third-order valence-electron chi connectivity index (χ3n) is 4.82. The lowest BCUT2D eigenvalue weighted by molar-refractivity contribution is -0.384. The van der Waals surface area contributed by atoms with E-state index in [1.807, 2.05) is 6.07 Å². The van der Waals surface area contributed by atoms with Gasteiger partial charge in [0.05, 0.1) is 22.6 Å². The Morgan fingerprint density at radius 3 is 2.47 bits per heavy atom. The molecule has 1 aliphatic rings. The largest absolute Gasteiger partial charge is 0.404 e. The molecule has 2 N–H and O–H groups in total. The number of carbonyl (C=O) groups excluding carboxylic acids is 1. The number of rotatable bonds is 4. The summed E-state index contributed by atoms with van der Waals surface area (Å²) >= 11 is 5.85. The van der Waals surface area contributed by atoms with Gasteiger partial charge in [-0.15, -0.1) is 0 Å². The van der Waals surface area contributed by atoms with Crippen molar-refractivity contribution in [1.29, 1.82) is 5.26 Å². The molecular formula is C19H14ClF3N4O3. The monoisotopic (exact) mass is 438 g/mol. The van der Waals surface area contributed by atoms with Gasteiger partial charge in [-0.1, -0.05) is 17.7 Å². The number of nitro benzene ring substituents is 1. The highest BCUT2D eigenvalue weighted by molar-refractivity contribution is 6.32. The molecule has 1 fully saturated rings. The lowest BCUT2D eigenvalue weighted by Gasteiger charge is -2.22. The fourth-order valence-electron chi connectivity index (χ4n) is 3.38. The van der Waals surface area contributed by atoms with Gasteiger partial charge < -0.3 is 5.32 Å². The molecule has 0 bridgehead atoms. The van der Waals surface area contributed by atoms with Crippen LogP contribution in [0.25, 0.3) is 0 Å². The highest BCUT2D eigenvalue weighted by atomic mass is 35.5. The molecule has 1 aliphatic heterocycles. The van der Waals surface area contributed by atoms with Crippen LogP contribution in [0.3, 0.4) is 0 Å². The number of nitrogens with zero attached hydrogens (tertiary/aromatic N) is 2. The van der Waals surface area contributed by atoms with E-state index in [9.17, 15) is 28.1 Å². The van der Waals surface area contributed by atoms with E-state index in [0.29, 0.717) is 11.3 Å². The molecule has 0 aliphatic carbocycles. The molecule has 1 saturated heterocycles. The first-order valence-electron chi connectivity index (χ1n) is 8.68. The number of nitriles is 1. The zero-order chi connectivity index (χ0) is 22.1. The highest BCUT2D eigenvalue weighted by Crippen LogP contribution is 2.41. The smallest absolute Gasteiger partial charge is 0.325 e. The van der Waals surface area contributed by atoms with Crippen LogP contribution in [0.1, 0.15) is 23.5 Å². The van der Waals surface area contributed by atoms with Gasteiger partial charge in [0.2, 0.25) is 5.91 Å². The lowest BCUT2D eigenvalue weighted by Crippen LogP contribution is -2.46. The summed E-state index contributed by atoms with van der Waals surface area (Å²) in [5, 5.41) is 24.2.